The minimum atomic E-state index is 0.0616. The average Bonchev–Trinajstić information content (AvgIpc) is 3.53. The van der Waals surface area contributed by atoms with Crippen molar-refractivity contribution in [1.82, 2.24) is 34.9 Å². The molecule has 5 rings (SSSR count). The first-order valence-corrected chi connectivity index (χ1v) is 12.8. The van der Waals surface area contributed by atoms with Crippen LogP contribution in [0.25, 0.3) is 5.65 Å². The van der Waals surface area contributed by atoms with E-state index in [9.17, 15) is 4.79 Å². The lowest BCUT2D eigenvalue weighted by molar-refractivity contribution is -0.121. The summed E-state index contributed by atoms with van der Waals surface area (Å²) in [4.78, 5) is 19.7. The van der Waals surface area contributed by atoms with E-state index in [0.717, 1.165) is 69.5 Å². The third-order valence-corrected chi connectivity index (χ3v) is 7.45. The number of aryl methyl sites for hydroxylation is 1. The molecule has 2 atom stereocenters. The van der Waals surface area contributed by atoms with E-state index in [2.05, 4.69) is 74.5 Å². The first-order chi connectivity index (χ1) is 17.1. The Labute approximate surface area is 207 Å². The fraction of sp³-hybridized carbons (Fsp3) is 0.538. The van der Waals surface area contributed by atoms with Gasteiger partial charge in [-0.2, -0.15) is 4.52 Å². The van der Waals surface area contributed by atoms with E-state index in [-0.39, 0.29) is 5.91 Å². The van der Waals surface area contributed by atoms with Crippen molar-refractivity contribution in [2.75, 3.05) is 57.8 Å². The van der Waals surface area contributed by atoms with Gasteiger partial charge in [0.2, 0.25) is 5.91 Å². The number of amides is 1. The number of anilines is 1. The molecule has 3 aromatic rings. The maximum Gasteiger partial charge on any atom is 0.220 e. The maximum absolute atomic E-state index is 12.6. The van der Waals surface area contributed by atoms with E-state index in [4.69, 9.17) is 5.10 Å². The Bertz CT molecular complexity index is 1120. The van der Waals surface area contributed by atoms with Gasteiger partial charge in [-0.3, -0.25) is 9.69 Å². The Morgan fingerprint density at radius 1 is 1.06 bits per heavy atom. The van der Waals surface area contributed by atoms with Crippen LogP contribution >= 0.6 is 0 Å². The molecule has 1 N–H and O–H groups in total. The van der Waals surface area contributed by atoms with E-state index < -0.39 is 0 Å². The van der Waals surface area contributed by atoms with Crippen LogP contribution in [0.1, 0.15) is 37.2 Å². The lowest BCUT2D eigenvalue weighted by Gasteiger charge is -2.33. The molecule has 0 bridgehead atoms. The third-order valence-electron chi connectivity index (χ3n) is 7.45. The molecule has 9 heteroatoms. The van der Waals surface area contributed by atoms with Gasteiger partial charge in [-0.05, 0) is 50.6 Å². The Morgan fingerprint density at radius 2 is 1.86 bits per heavy atom. The summed E-state index contributed by atoms with van der Waals surface area (Å²) in [5, 5.41) is 16.5. The van der Waals surface area contributed by atoms with Crippen LogP contribution in [0, 0.1) is 5.92 Å². The molecule has 0 spiro atoms. The van der Waals surface area contributed by atoms with Gasteiger partial charge in [0, 0.05) is 58.2 Å². The van der Waals surface area contributed by atoms with Crippen LogP contribution in [-0.4, -0.2) is 88.4 Å². The maximum atomic E-state index is 12.6. The number of rotatable bonds is 8. The number of aromatic nitrogens is 4. The van der Waals surface area contributed by atoms with Gasteiger partial charge in [-0.25, -0.2) is 0 Å². The second-order valence-electron chi connectivity index (χ2n) is 9.91. The van der Waals surface area contributed by atoms with Crippen LogP contribution in [0.2, 0.25) is 0 Å². The van der Waals surface area contributed by atoms with Gasteiger partial charge in [0.15, 0.2) is 11.5 Å². The Balaban J connectivity index is 1.10. The summed E-state index contributed by atoms with van der Waals surface area (Å²) in [5.41, 5.74) is 2.07. The molecule has 0 radical (unpaired) electrons. The molecular formula is C26H36N8O. The second-order valence-corrected chi connectivity index (χ2v) is 9.91. The average molecular weight is 477 g/mol. The number of nitrogens with one attached hydrogen (secondary N) is 1. The van der Waals surface area contributed by atoms with Crippen LogP contribution in [0.3, 0.4) is 0 Å². The zero-order valence-corrected chi connectivity index (χ0v) is 20.8. The molecule has 9 nitrogen and oxygen atoms in total. The van der Waals surface area contributed by atoms with Crippen LogP contribution in [0.4, 0.5) is 5.82 Å². The first kappa shape index (κ1) is 23.7. The minimum Gasteiger partial charge on any atom is -0.356 e. The van der Waals surface area contributed by atoms with Gasteiger partial charge in [-0.15, -0.1) is 15.3 Å². The number of carbonyl (C=O) groups excluding carboxylic acids is 1. The number of likely N-dealkylation sites (tertiary alicyclic amines) is 1. The monoisotopic (exact) mass is 476 g/mol. The molecule has 2 fully saturated rings. The number of piperazine rings is 1. The molecule has 0 saturated carbocycles. The molecule has 186 valence electrons. The van der Waals surface area contributed by atoms with Gasteiger partial charge >= 0.3 is 0 Å². The molecule has 1 aromatic carbocycles. The van der Waals surface area contributed by atoms with Crippen LogP contribution in [0.5, 0.6) is 0 Å². The van der Waals surface area contributed by atoms with Gasteiger partial charge in [-0.1, -0.05) is 30.3 Å². The summed E-state index contributed by atoms with van der Waals surface area (Å²) in [6.45, 7) is 9.05. The summed E-state index contributed by atoms with van der Waals surface area (Å²) in [6, 6.07) is 15.0. The Morgan fingerprint density at radius 3 is 2.66 bits per heavy atom. The molecule has 4 heterocycles. The zero-order valence-electron chi connectivity index (χ0n) is 20.8. The molecule has 35 heavy (non-hydrogen) atoms. The van der Waals surface area contributed by atoms with E-state index in [0.29, 0.717) is 24.8 Å². The van der Waals surface area contributed by atoms with Gasteiger partial charge in [0.25, 0.3) is 0 Å². The fourth-order valence-corrected chi connectivity index (χ4v) is 5.08. The normalized spacial score (nSPS) is 20.4. The number of benzene rings is 1. The lowest BCUT2D eigenvalue weighted by atomic mass is 10.1. The van der Waals surface area contributed by atoms with E-state index in [1.54, 1.807) is 4.52 Å². The van der Waals surface area contributed by atoms with Crippen LogP contribution in [0.15, 0.2) is 42.5 Å². The summed E-state index contributed by atoms with van der Waals surface area (Å²) in [5.74, 6) is 2.22. The van der Waals surface area contributed by atoms with Crippen LogP contribution < -0.4 is 10.2 Å². The van der Waals surface area contributed by atoms with Crippen molar-refractivity contribution in [2.24, 2.45) is 5.92 Å². The number of fused-ring (bicyclic) bond motifs is 1. The predicted molar refractivity (Wildman–Crippen MR) is 136 cm³/mol. The molecule has 2 aliphatic heterocycles. The van der Waals surface area contributed by atoms with E-state index >= 15 is 0 Å². The summed E-state index contributed by atoms with van der Waals surface area (Å²) >= 11 is 0. The van der Waals surface area contributed by atoms with E-state index in [1.165, 1.54) is 5.56 Å². The summed E-state index contributed by atoms with van der Waals surface area (Å²) in [7, 11) is 2.14. The SMILES string of the molecule is C[C@@H](c1ccccc1)N1CC[C@H](CNC(=O)CCc2nnc3ccc(N4CCN(C)CC4)nn23)C1. The smallest absolute Gasteiger partial charge is 0.220 e. The number of carbonyl (C=O) groups is 1. The predicted octanol–water partition coefficient (Wildman–Crippen LogP) is 2.01. The number of hydrogen-bond donors (Lipinski definition) is 1. The van der Waals surface area contributed by atoms with Crippen LogP contribution in [-0.2, 0) is 11.2 Å². The van der Waals surface area contributed by atoms with Gasteiger partial charge in [0.1, 0.15) is 5.82 Å². The lowest BCUT2D eigenvalue weighted by Crippen LogP contribution is -2.45. The minimum absolute atomic E-state index is 0.0616. The fourth-order valence-electron chi connectivity index (χ4n) is 5.08. The topological polar surface area (TPSA) is 81.9 Å². The third kappa shape index (κ3) is 5.62. The summed E-state index contributed by atoms with van der Waals surface area (Å²) in [6.07, 6.45) is 2.03. The Hall–Kier alpha value is -3.04. The zero-order chi connectivity index (χ0) is 24.2. The van der Waals surface area contributed by atoms with Crippen molar-refractivity contribution >= 4 is 17.4 Å². The van der Waals surface area contributed by atoms with Crippen molar-refractivity contribution in [2.45, 2.75) is 32.2 Å². The van der Waals surface area contributed by atoms with Crippen molar-refractivity contribution in [1.29, 1.82) is 0 Å². The molecule has 0 aliphatic carbocycles. The second kappa shape index (κ2) is 10.7. The standard InChI is InChI=1S/C26H36N8O/c1-20(22-6-4-3-5-7-22)33-13-12-21(19-33)18-27-26(35)11-10-24-29-28-23-8-9-25(30-34(23)24)32-16-14-31(2)15-17-32/h3-9,20-21H,10-19H2,1-2H3,(H,27,35)/t20-,21+/m0/s1. The Kier molecular flexibility index (Phi) is 7.24. The van der Waals surface area contributed by atoms with Crippen molar-refractivity contribution in [3.63, 3.8) is 0 Å². The number of nitrogens with zero attached hydrogens (tertiary/aromatic N) is 7. The first-order valence-electron chi connectivity index (χ1n) is 12.8. The van der Waals surface area contributed by atoms with Gasteiger partial charge < -0.3 is 15.1 Å². The highest BCUT2D eigenvalue weighted by atomic mass is 16.1. The highest BCUT2D eigenvalue weighted by molar-refractivity contribution is 5.76. The highest BCUT2D eigenvalue weighted by Gasteiger charge is 2.27. The quantitative estimate of drug-likeness (QED) is 0.533. The molecule has 0 unspecified atom stereocenters. The summed E-state index contributed by atoms with van der Waals surface area (Å²) < 4.78 is 1.79. The molecule has 2 saturated heterocycles. The van der Waals surface area contributed by atoms with Crippen molar-refractivity contribution in [3.8, 4) is 0 Å². The number of hydrogen-bond acceptors (Lipinski definition) is 7. The molecular weight excluding hydrogens is 440 g/mol. The largest absolute Gasteiger partial charge is 0.356 e. The molecule has 1 amide bonds. The van der Waals surface area contributed by atoms with Crippen molar-refractivity contribution in [3.05, 3.63) is 53.9 Å². The van der Waals surface area contributed by atoms with E-state index in [1.807, 2.05) is 12.1 Å². The molecule has 2 aliphatic rings. The highest BCUT2D eigenvalue weighted by Crippen LogP contribution is 2.27. The number of likely N-dealkylation sites (N-methyl/N-ethyl adjacent to an activating group) is 1. The van der Waals surface area contributed by atoms with Crippen molar-refractivity contribution < 1.29 is 4.79 Å². The molecule has 2 aromatic heterocycles. The van der Waals surface area contributed by atoms with Gasteiger partial charge in [0.05, 0.1) is 0 Å².